The molecule has 0 aromatic heterocycles. The minimum atomic E-state index is -1.19. The number of aliphatic carboxylic acids is 1. The summed E-state index contributed by atoms with van der Waals surface area (Å²) in [5.41, 5.74) is 0.713. The van der Waals surface area contributed by atoms with Crippen molar-refractivity contribution in [2.75, 3.05) is 6.54 Å². The van der Waals surface area contributed by atoms with Crippen LogP contribution in [0.15, 0.2) is 36.0 Å². The van der Waals surface area contributed by atoms with Crippen molar-refractivity contribution >= 4 is 11.8 Å². The molecule has 2 N–H and O–H groups in total. The first-order chi connectivity index (χ1) is 9.02. The minimum absolute atomic E-state index is 0.136. The number of hydrogen-bond donors (Lipinski definition) is 2. The lowest BCUT2D eigenvalue weighted by Crippen LogP contribution is -2.33. The average Bonchev–Trinajstić information content (AvgIpc) is 2.39. The van der Waals surface area contributed by atoms with Crippen molar-refractivity contribution in [3.05, 3.63) is 41.6 Å². The number of ketones is 1. The topological polar surface area (TPSA) is 77.8 Å². The summed E-state index contributed by atoms with van der Waals surface area (Å²) >= 11 is 0. The van der Waals surface area contributed by atoms with Gasteiger partial charge < -0.3 is 15.1 Å². The highest BCUT2D eigenvalue weighted by Gasteiger charge is 2.30. The second kappa shape index (κ2) is 5.14. The van der Waals surface area contributed by atoms with Crippen LogP contribution in [0.1, 0.15) is 24.9 Å². The summed E-state index contributed by atoms with van der Waals surface area (Å²) in [5.74, 6) is -1.39. The van der Waals surface area contributed by atoms with Crippen LogP contribution in [0.3, 0.4) is 0 Å². The van der Waals surface area contributed by atoms with Gasteiger partial charge in [0.15, 0.2) is 5.78 Å². The lowest BCUT2D eigenvalue weighted by molar-refractivity contribution is -0.135. The number of benzene rings is 1. The Balaban J connectivity index is 2.35. The SMILES string of the molecule is CCN1C=C(C(=O)O)C(=O)CC1c1ccc(O)cc1. The zero-order valence-corrected chi connectivity index (χ0v) is 10.5. The van der Waals surface area contributed by atoms with Crippen LogP contribution in [0.25, 0.3) is 0 Å². The number of hydrogen-bond acceptors (Lipinski definition) is 4. The van der Waals surface area contributed by atoms with Crippen LogP contribution in [0.4, 0.5) is 0 Å². The lowest BCUT2D eigenvalue weighted by Gasteiger charge is -2.33. The van der Waals surface area contributed by atoms with E-state index in [9.17, 15) is 14.7 Å². The summed E-state index contributed by atoms with van der Waals surface area (Å²) in [6.07, 6.45) is 1.54. The van der Waals surface area contributed by atoms with Gasteiger partial charge in [0.2, 0.25) is 0 Å². The molecule has 0 aliphatic carbocycles. The van der Waals surface area contributed by atoms with Crippen LogP contribution in [0, 0.1) is 0 Å². The molecule has 19 heavy (non-hydrogen) atoms. The van der Waals surface area contributed by atoms with E-state index in [1.54, 1.807) is 24.3 Å². The van der Waals surface area contributed by atoms with Gasteiger partial charge >= 0.3 is 5.97 Å². The van der Waals surface area contributed by atoms with Crippen molar-refractivity contribution in [2.24, 2.45) is 0 Å². The summed E-state index contributed by atoms with van der Waals surface area (Å²) in [7, 11) is 0. The Labute approximate surface area is 110 Å². The summed E-state index contributed by atoms with van der Waals surface area (Å²) in [6, 6.07) is 6.43. The molecule has 5 nitrogen and oxygen atoms in total. The van der Waals surface area contributed by atoms with Crippen molar-refractivity contribution in [1.29, 1.82) is 0 Å². The second-order valence-corrected chi connectivity index (χ2v) is 4.41. The van der Waals surface area contributed by atoms with E-state index in [1.165, 1.54) is 6.20 Å². The molecule has 0 radical (unpaired) electrons. The molecule has 0 saturated heterocycles. The van der Waals surface area contributed by atoms with Gasteiger partial charge in [0.25, 0.3) is 0 Å². The average molecular weight is 261 g/mol. The molecule has 1 heterocycles. The van der Waals surface area contributed by atoms with E-state index in [4.69, 9.17) is 5.11 Å². The molecule has 1 aliphatic rings. The number of phenols is 1. The first-order valence-corrected chi connectivity index (χ1v) is 6.06. The van der Waals surface area contributed by atoms with E-state index in [0.29, 0.717) is 6.54 Å². The smallest absolute Gasteiger partial charge is 0.340 e. The van der Waals surface area contributed by atoms with Crippen LogP contribution < -0.4 is 0 Å². The highest BCUT2D eigenvalue weighted by atomic mass is 16.4. The van der Waals surface area contributed by atoms with Crippen molar-refractivity contribution < 1.29 is 19.8 Å². The van der Waals surface area contributed by atoms with Crippen molar-refractivity contribution in [1.82, 2.24) is 4.90 Å². The van der Waals surface area contributed by atoms with E-state index in [0.717, 1.165) is 5.56 Å². The Bertz CT molecular complexity index is 533. The predicted molar refractivity (Wildman–Crippen MR) is 68.6 cm³/mol. The molecule has 1 unspecified atom stereocenters. The fourth-order valence-electron chi connectivity index (χ4n) is 2.22. The highest BCUT2D eigenvalue weighted by molar-refractivity contribution is 6.17. The number of carboxylic acids is 1. The van der Waals surface area contributed by atoms with Gasteiger partial charge in [0.1, 0.15) is 11.3 Å². The van der Waals surface area contributed by atoms with E-state index in [1.807, 2.05) is 11.8 Å². The van der Waals surface area contributed by atoms with E-state index in [-0.39, 0.29) is 29.6 Å². The maximum absolute atomic E-state index is 11.8. The van der Waals surface area contributed by atoms with Gasteiger partial charge in [-0.15, -0.1) is 0 Å². The fraction of sp³-hybridized carbons (Fsp3) is 0.286. The lowest BCUT2D eigenvalue weighted by atomic mass is 9.93. The van der Waals surface area contributed by atoms with Crippen LogP contribution in [0.5, 0.6) is 5.75 Å². The van der Waals surface area contributed by atoms with Crippen molar-refractivity contribution in [3.63, 3.8) is 0 Å². The summed E-state index contributed by atoms with van der Waals surface area (Å²) in [4.78, 5) is 24.6. The number of nitrogens with zero attached hydrogens (tertiary/aromatic N) is 1. The van der Waals surface area contributed by atoms with Gasteiger partial charge in [0.05, 0.1) is 6.04 Å². The van der Waals surface area contributed by atoms with E-state index < -0.39 is 5.97 Å². The largest absolute Gasteiger partial charge is 0.508 e. The normalized spacial score (nSPS) is 19.2. The molecule has 2 rings (SSSR count). The molecule has 0 fully saturated rings. The number of carbonyl (C=O) groups excluding carboxylic acids is 1. The molecule has 1 aliphatic heterocycles. The Morgan fingerprint density at radius 1 is 1.37 bits per heavy atom. The Kier molecular flexibility index (Phi) is 3.55. The van der Waals surface area contributed by atoms with Gasteiger partial charge in [-0.05, 0) is 24.6 Å². The maximum Gasteiger partial charge on any atom is 0.340 e. The van der Waals surface area contributed by atoms with Gasteiger partial charge in [-0.1, -0.05) is 12.1 Å². The summed E-state index contributed by atoms with van der Waals surface area (Å²) in [6.45, 7) is 2.51. The van der Waals surface area contributed by atoms with Gasteiger partial charge in [-0.3, -0.25) is 4.79 Å². The van der Waals surface area contributed by atoms with Crippen LogP contribution >= 0.6 is 0 Å². The molecule has 1 aromatic carbocycles. The van der Waals surface area contributed by atoms with Crippen molar-refractivity contribution in [3.8, 4) is 5.75 Å². The fourth-order valence-corrected chi connectivity index (χ4v) is 2.22. The third kappa shape index (κ3) is 2.59. The Hall–Kier alpha value is -2.30. The molecule has 0 saturated carbocycles. The molecule has 1 aromatic rings. The van der Waals surface area contributed by atoms with Crippen LogP contribution in [-0.2, 0) is 9.59 Å². The first kappa shape index (κ1) is 13.1. The standard InChI is InChI=1S/C14H15NO4/c1-2-15-8-11(14(18)19)13(17)7-12(15)9-3-5-10(16)6-4-9/h3-6,8,12,16H,2,7H2,1H3,(H,18,19). The third-order valence-electron chi connectivity index (χ3n) is 3.25. The maximum atomic E-state index is 11.8. The van der Waals surface area contributed by atoms with Gasteiger partial charge in [-0.25, -0.2) is 4.79 Å². The molecule has 0 bridgehead atoms. The van der Waals surface area contributed by atoms with Gasteiger partial charge in [-0.2, -0.15) is 0 Å². The number of rotatable bonds is 3. The summed E-state index contributed by atoms with van der Waals surface area (Å²) in [5, 5.41) is 18.2. The monoisotopic (exact) mass is 261 g/mol. The minimum Gasteiger partial charge on any atom is -0.508 e. The molecule has 100 valence electrons. The second-order valence-electron chi connectivity index (χ2n) is 4.41. The zero-order chi connectivity index (χ0) is 14.0. The number of carbonyl (C=O) groups is 2. The molecule has 5 heteroatoms. The van der Waals surface area contributed by atoms with Gasteiger partial charge in [0, 0.05) is 19.2 Å². The molecule has 0 amide bonds. The molecular weight excluding hydrogens is 246 g/mol. The number of Topliss-reactive ketones (excluding diaryl/α,β-unsaturated/α-hetero) is 1. The van der Waals surface area contributed by atoms with Crippen LogP contribution in [-0.4, -0.2) is 33.4 Å². The molecular formula is C14H15NO4. The van der Waals surface area contributed by atoms with Crippen LogP contribution in [0.2, 0.25) is 0 Å². The van der Waals surface area contributed by atoms with E-state index >= 15 is 0 Å². The zero-order valence-electron chi connectivity index (χ0n) is 10.5. The highest BCUT2D eigenvalue weighted by Crippen LogP contribution is 2.31. The first-order valence-electron chi connectivity index (χ1n) is 6.06. The Morgan fingerprint density at radius 3 is 2.53 bits per heavy atom. The predicted octanol–water partition coefficient (Wildman–Crippen LogP) is 1.70. The molecule has 0 spiro atoms. The Morgan fingerprint density at radius 2 is 2.00 bits per heavy atom. The van der Waals surface area contributed by atoms with Crippen molar-refractivity contribution in [2.45, 2.75) is 19.4 Å². The third-order valence-corrected chi connectivity index (χ3v) is 3.25. The number of phenolic OH excluding ortho intramolecular Hbond substituents is 1. The summed E-state index contributed by atoms with van der Waals surface area (Å²) < 4.78 is 0. The number of aromatic hydroxyl groups is 1. The quantitative estimate of drug-likeness (QED) is 0.810. The number of carboxylic acid groups (broad SMARTS) is 1. The molecule has 1 atom stereocenters. The van der Waals surface area contributed by atoms with E-state index in [2.05, 4.69) is 0 Å².